The van der Waals surface area contributed by atoms with Gasteiger partial charge in [-0.2, -0.15) is 5.10 Å². The van der Waals surface area contributed by atoms with Crippen LogP contribution in [-0.4, -0.2) is 38.7 Å². The summed E-state index contributed by atoms with van der Waals surface area (Å²) in [6.45, 7) is 0.788. The quantitative estimate of drug-likeness (QED) is 0.785. The number of hydrogen-bond acceptors (Lipinski definition) is 4. The molecule has 0 fully saturated rings. The van der Waals surface area contributed by atoms with E-state index < -0.39 is 5.97 Å². The number of H-pyrrole nitrogens is 1. The van der Waals surface area contributed by atoms with Crippen LogP contribution in [0.15, 0.2) is 17.5 Å². The zero-order valence-corrected chi connectivity index (χ0v) is 11.2. The molecule has 0 spiro atoms. The smallest absolute Gasteiger partial charge is 0.356 e. The summed E-state index contributed by atoms with van der Waals surface area (Å²) in [6.07, 6.45) is 0.577. The summed E-state index contributed by atoms with van der Waals surface area (Å²) in [4.78, 5) is 24.8. The minimum Gasteiger partial charge on any atom is -0.476 e. The van der Waals surface area contributed by atoms with Crippen molar-refractivity contribution >= 4 is 28.3 Å². The molecule has 0 unspecified atom stereocenters. The predicted octanol–water partition coefficient (Wildman–Crippen LogP) is 1.76. The van der Waals surface area contributed by atoms with Gasteiger partial charge < -0.3 is 10.0 Å². The van der Waals surface area contributed by atoms with Crippen molar-refractivity contribution in [3.8, 4) is 0 Å². The Kier molecular flexibility index (Phi) is 3.15. The van der Waals surface area contributed by atoms with Crippen LogP contribution in [0.5, 0.6) is 0 Å². The second-order valence-corrected chi connectivity index (χ2v) is 5.36. The molecule has 3 N–H and O–H groups in total. The van der Waals surface area contributed by atoms with Gasteiger partial charge in [0.15, 0.2) is 5.69 Å². The van der Waals surface area contributed by atoms with E-state index in [1.54, 1.807) is 4.90 Å². The molecule has 0 aromatic carbocycles. The van der Waals surface area contributed by atoms with Gasteiger partial charge in [-0.05, 0) is 17.5 Å². The summed E-state index contributed by atoms with van der Waals surface area (Å²) >= 11 is 1.44. The van der Waals surface area contributed by atoms with Gasteiger partial charge in [0, 0.05) is 24.2 Å². The summed E-state index contributed by atoms with van der Waals surface area (Å²) in [5, 5.41) is 21.0. The third-order valence-corrected chi connectivity index (χ3v) is 3.96. The van der Waals surface area contributed by atoms with Crippen LogP contribution in [0.2, 0.25) is 0 Å². The lowest BCUT2D eigenvalue weighted by molar-refractivity contribution is 0.0688. The SMILES string of the molecule is O=C(O)c1n[nH]c2c1CN(C(=O)Nc1cccs1)CC2. The first-order chi connectivity index (χ1) is 9.65. The van der Waals surface area contributed by atoms with Crippen LogP contribution in [0.4, 0.5) is 9.80 Å². The van der Waals surface area contributed by atoms with Gasteiger partial charge in [0.05, 0.1) is 11.5 Å². The van der Waals surface area contributed by atoms with Crippen molar-refractivity contribution in [2.24, 2.45) is 0 Å². The van der Waals surface area contributed by atoms with Crippen molar-refractivity contribution in [1.29, 1.82) is 0 Å². The van der Waals surface area contributed by atoms with Crippen LogP contribution in [0.3, 0.4) is 0 Å². The maximum Gasteiger partial charge on any atom is 0.356 e. The molecule has 2 amide bonds. The third kappa shape index (κ3) is 2.25. The van der Waals surface area contributed by atoms with E-state index in [-0.39, 0.29) is 18.3 Å². The summed E-state index contributed by atoms with van der Waals surface area (Å²) < 4.78 is 0. The first kappa shape index (κ1) is 12.7. The Morgan fingerprint density at radius 1 is 1.50 bits per heavy atom. The lowest BCUT2D eigenvalue weighted by Crippen LogP contribution is -2.39. The monoisotopic (exact) mass is 292 g/mol. The van der Waals surface area contributed by atoms with E-state index in [0.29, 0.717) is 18.5 Å². The largest absolute Gasteiger partial charge is 0.476 e. The highest BCUT2D eigenvalue weighted by molar-refractivity contribution is 7.14. The molecular weight excluding hydrogens is 280 g/mol. The Hall–Kier alpha value is -2.35. The fourth-order valence-electron chi connectivity index (χ4n) is 2.18. The highest BCUT2D eigenvalue weighted by Gasteiger charge is 2.27. The summed E-state index contributed by atoms with van der Waals surface area (Å²) in [5.74, 6) is -1.08. The molecule has 0 radical (unpaired) electrons. The normalized spacial score (nSPS) is 13.9. The van der Waals surface area contributed by atoms with Gasteiger partial charge in [0.1, 0.15) is 0 Å². The fraction of sp³-hybridized carbons (Fsp3) is 0.250. The van der Waals surface area contributed by atoms with E-state index in [1.807, 2.05) is 17.5 Å². The topological polar surface area (TPSA) is 98.3 Å². The van der Waals surface area contributed by atoms with Crippen molar-refractivity contribution in [3.05, 3.63) is 34.5 Å². The molecule has 3 rings (SSSR count). The molecule has 1 aliphatic rings. The molecular formula is C12H12N4O3S. The second kappa shape index (κ2) is 4.97. The average molecular weight is 292 g/mol. The maximum absolute atomic E-state index is 12.1. The van der Waals surface area contributed by atoms with Crippen molar-refractivity contribution < 1.29 is 14.7 Å². The molecule has 0 saturated heterocycles. The molecule has 3 heterocycles. The van der Waals surface area contributed by atoms with Gasteiger partial charge in [0.2, 0.25) is 0 Å². The number of fused-ring (bicyclic) bond motifs is 1. The highest BCUT2D eigenvalue weighted by Crippen LogP contribution is 2.22. The number of carboxylic acid groups (broad SMARTS) is 1. The number of carbonyl (C=O) groups excluding carboxylic acids is 1. The van der Waals surface area contributed by atoms with Gasteiger partial charge in [0.25, 0.3) is 0 Å². The minimum absolute atomic E-state index is 0.00590. The van der Waals surface area contributed by atoms with Crippen LogP contribution in [0, 0.1) is 0 Å². The molecule has 1 aliphatic heterocycles. The number of aromatic nitrogens is 2. The number of urea groups is 1. The van der Waals surface area contributed by atoms with E-state index in [9.17, 15) is 9.59 Å². The number of aromatic amines is 1. The van der Waals surface area contributed by atoms with Crippen LogP contribution >= 0.6 is 11.3 Å². The standard InChI is InChI=1S/C12H12N4O3S/c17-11(18)10-7-6-16(4-3-8(7)14-15-10)12(19)13-9-2-1-5-20-9/h1-2,5H,3-4,6H2,(H,13,19)(H,14,15)(H,17,18). The van der Waals surface area contributed by atoms with Crippen molar-refractivity contribution in [2.75, 3.05) is 11.9 Å². The van der Waals surface area contributed by atoms with Crippen molar-refractivity contribution in [1.82, 2.24) is 15.1 Å². The summed E-state index contributed by atoms with van der Waals surface area (Å²) in [6, 6.07) is 3.45. The molecule has 0 saturated carbocycles. The molecule has 0 atom stereocenters. The van der Waals surface area contributed by atoms with Gasteiger partial charge in [-0.15, -0.1) is 11.3 Å². The molecule has 20 heavy (non-hydrogen) atoms. The number of hydrogen-bond donors (Lipinski definition) is 3. The Morgan fingerprint density at radius 2 is 2.35 bits per heavy atom. The highest BCUT2D eigenvalue weighted by atomic mass is 32.1. The summed E-state index contributed by atoms with van der Waals surface area (Å²) in [5.41, 5.74) is 1.38. The number of carbonyl (C=O) groups is 2. The second-order valence-electron chi connectivity index (χ2n) is 4.41. The van der Waals surface area contributed by atoms with Crippen LogP contribution in [0.1, 0.15) is 21.7 Å². The van der Waals surface area contributed by atoms with E-state index in [2.05, 4.69) is 15.5 Å². The average Bonchev–Trinajstić information content (AvgIpc) is 3.06. The molecule has 0 aliphatic carbocycles. The number of anilines is 1. The number of nitrogens with zero attached hydrogens (tertiary/aromatic N) is 2. The molecule has 2 aromatic rings. The van der Waals surface area contributed by atoms with E-state index >= 15 is 0 Å². The minimum atomic E-state index is -1.08. The van der Waals surface area contributed by atoms with Gasteiger partial charge >= 0.3 is 12.0 Å². The maximum atomic E-state index is 12.1. The first-order valence-corrected chi connectivity index (χ1v) is 6.92. The number of thiophene rings is 1. The number of amides is 2. The first-order valence-electron chi connectivity index (χ1n) is 6.04. The zero-order valence-electron chi connectivity index (χ0n) is 10.4. The number of rotatable bonds is 2. The lowest BCUT2D eigenvalue weighted by atomic mass is 10.1. The molecule has 7 nitrogen and oxygen atoms in total. The summed E-state index contributed by atoms with van der Waals surface area (Å²) in [7, 11) is 0. The van der Waals surface area contributed by atoms with E-state index in [1.165, 1.54) is 11.3 Å². The predicted molar refractivity (Wildman–Crippen MR) is 73.0 cm³/mol. The Bertz CT molecular complexity index is 650. The molecule has 104 valence electrons. The van der Waals surface area contributed by atoms with Crippen molar-refractivity contribution in [3.63, 3.8) is 0 Å². The molecule has 8 heteroatoms. The van der Waals surface area contributed by atoms with Crippen molar-refractivity contribution in [2.45, 2.75) is 13.0 Å². The lowest BCUT2D eigenvalue weighted by Gasteiger charge is -2.26. The van der Waals surface area contributed by atoms with Crippen LogP contribution in [0.25, 0.3) is 0 Å². The number of nitrogens with one attached hydrogen (secondary N) is 2. The number of carboxylic acids is 1. The van der Waals surface area contributed by atoms with E-state index in [4.69, 9.17) is 5.11 Å². The third-order valence-electron chi connectivity index (χ3n) is 3.17. The number of aromatic carboxylic acids is 1. The Morgan fingerprint density at radius 3 is 3.05 bits per heavy atom. The van der Waals surface area contributed by atoms with Gasteiger partial charge in [-0.3, -0.25) is 10.4 Å². The fourth-order valence-corrected chi connectivity index (χ4v) is 2.79. The van der Waals surface area contributed by atoms with Crippen LogP contribution in [-0.2, 0) is 13.0 Å². The molecule has 2 aromatic heterocycles. The zero-order chi connectivity index (χ0) is 14.1. The van der Waals surface area contributed by atoms with E-state index in [0.717, 1.165) is 10.7 Å². The van der Waals surface area contributed by atoms with Gasteiger partial charge in [-0.25, -0.2) is 9.59 Å². The molecule has 0 bridgehead atoms. The Labute approximate surface area is 118 Å². The van der Waals surface area contributed by atoms with Gasteiger partial charge in [-0.1, -0.05) is 0 Å². The Balaban J connectivity index is 1.76. The van der Waals surface area contributed by atoms with Crippen LogP contribution < -0.4 is 5.32 Å².